The molecule has 1 amide bonds. The molecule has 3 rings (SSSR count). The van der Waals surface area contributed by atoms with Crippen molar-refractivity contribution in [2.45, 2.75) is 47.3 Å². The lowest BCUT2D eigenvalue weighted by molar-refractivity contribution is -0.119. The third-order valence-electron chi connectivity index (χ3n) is 4.96. The van der Waals surface area contributed by atoms with Crippen LogP contribution >= 0.6 is 0 Å². The molecule has 1 unspecified atom stereocenters. The summed E-state index contributed by atoms with van der Waals surface area (Å²) in [6.07, 6.45) is 0. The molecule has 1 heterocycles. The first-order chi connectivity index (χ1) is 14.4. The smallest absolute Gasteiger partial charge is 0.294 e. The minimum Gasteiger partial charge on any atom is -0.503 e. The van der Waals surface area contributed by atoms with Crippen LogP contribution in [0.4, 0.5) is 5.69 Å². The Kier molecular flexibility index (Phi) is 7.95. The van der Waals surface area contributed by atoms with Gasteiger partial charge in [-0.3, -0.25) is 14.5 Å². The van der Waals surface area contributed by atoms with E-state index >= 15 is 0 Å². The summed E-state index contributed by atoms with van der Waals surface area (Å²) >= 11 is 0. The van der Waals surface area contributed by atoms with Crippen LogP contribution in [0, 0.1) is 12.8 Å². The number of carbonyl (C=O) groups excluding carboxylic acids is 2. The van der Waals surface area contributed by atoms with Gasteiger partial charge in [0.15, 0.2) is 11.5 Å². The molecule has 0 saturated carbocycles. The van der Waals surface area contributed by atoms with Crippen molar-refractivity contribution < 1.29 is 19.4 Å². The van der Waals surface area contributed by atoms with Gasteiger partial charge in [-0.25, -0.2) is 0 Å². The van der Waals surface area contributed by atoms with Crippen LogP contribution in [0.25, 0.3) is 0 Å². The second-order valence-corrected chi connectivity index (χ2v) is 7.33. The Morgan fingerprint density at radius 3 is 2.27 bits per heavy atom. The topological polar surface area (TPSA) is 66.8 Å². The first-order valence-electron chi connectivity index (χ1n) is 10.3. The van der Waals surface area contributed by atoms with Crippen molar-refractivity contribution in [1.82, 2.24) is 0 Å². The molecular weight excluding hydrogens is 378 g/mol. The van der Waals surface area contributed by atoms with E-state index in [9.17, 15) is 14.7 Å². The molecule has 1 aliphatic rings. The minimum absolute atomic E-state index is 0.143. The van der Waals surface area contributed by atoms with Gasteiger partial charge in [0.1, 0.15) is 0 Å². The summed E-state index contributed by atoms with van der Waals surface area (Å²) in [6.45, 7) is 9.83. The second-order valence-electron chi connectivity index (χ2n) is 7.33. The largest absolute Gasteiger partial charge is 0.503 e. The maximum Gasteiger partial charge on any atom is 0.294 e. The number of anilines is 1. The van der Waals surface area contributed by atoms with E-state index in [1.165, 1.54) is 4.90 Å². The van der Waals surface area contributed by atoms with Crippen LogP contribution in [0.2, 0.25) is 0 Å². The van der Waals surface area contributed by atoms with Gasteiger partial charge in [0.05, 0.1) is 18.2 Å². The number of aliphatic hydroxyl groups is 1. The first-order valence-corrected chi connectivity index (χ1v) is 10.3. The van der Waals surface area contributed by atoms with Crippen molar-refractivity contribution in [2.24, 2.45) is 5.92 Å². The molecule has 2 aromatic rings. The van der Waals surface area contributed by atoms with Gasteiger partial charge in [-0.2, -0.15) is 0 Å². The lowest BCUT2D eigenvalue weighted by atomic mass is 9.89. The highest BCUT2D eigenvalue weighted by atomic mass is 16.5. The molecule has 30 heavy (non-hydrogen) atoms. The molecule has 1 aliphatic heterocycles. The van der Waals surface area contributed by atoms with Gasteiger partial charge in [0.2, 0.25) is 0 Å². The highest BCUT2D eigenvalue weighted by Gasteiger charge is 2.45. The third-order valence-corrected chi connectivity index (χ3v) is 4.96. The maximum atomic E-state index is 13.0. The number of carbonyl (C=O) groups is 2. The molecule has 1 N–H and O–H groups in total. The number of benzene rings is 2. The van der Waals surface area contributed by atoms with Gasteiger partial charge >= 0.3 is 0 Å². The number of nitrogens with zero attached hydrogens (tertiary/aromatic N) is 1. The molecule has 0 fully saturated rings. The quantitative estimate of drug-likeness (QED) is 0.704. The predicted octanol–water partition coefficient (Wildman–Crippen LogP) is 5.29. The normalized spacial score (nSPS) is 16.0. The molecule has 0 aliphatic carbocycles. The zero-order valence-electron chi connectivity index (χ0n) is 18.6. The Morgan fingerprint density at radius 1 is 1.10 bits per heavy atom. The van der Waals surface area contributed by atoms with E-state index < -0.39 is 17.7 Å². The number of hydrogen-bond donors (Lipinski definition) is 1. The number of amides is 1. The standard InChI is InChI=1S/C23H25NO4.C2H6/c1-14(2)21(25)19-20(18-8-6-5-7-16(18)13-28-4)24(23(27)22(19)26)17-11-9-15(3)10-12-17;1-2/h5-12,14,20,26H,13H2,1-4H3;1-2H3. The van der Waals surface area contributed by atoms with Gasteiger partial charge in [-0.05, 0) is 30.2 Å². The van der Waals surface area contributed by atoms with Crippen molar-refractivity contribution in [3.8, 4) is 0 Å². The van der Waals surface area contributed by atoms with E-state index in [4.69, 9.17) is 4.74 Å². The highest BCUT2D eigenvalue weighted by molar-refractivity contribution is 6.16. The van der Waals surface area contributed by atoms with Crippen LogP contribution in [0.5, 0.6) is 0 Å². The van der Waals surface area contributed by atoms with E-state index in [1.54, 1.807) is 21.0 Å². The fraction of sp³-hybridized carbons (Fsp3) is 0.360. The van der Waals surface area contributed by atoms with Gasteiger partial charge < -0.3 is 9.84 Å². The van der Waals surface area contributed by atoms with E-state index in [2.05, 4.69) is 0 Å². The summed E-state index contributed by atoms with van der Waals surface area (Å²) in [6, 6.07) is 14.3. The summed E-state index contributed by atoms with van der Waals surface area (Å²) in [5.41, 5.74) is 3.47. The van der Waals surface area contributed by atoms with Gasteiger partial charge in [-0.15, -0.1) is 0 Å². The summed E-state index contributed by atoms with van der Waals surface area (Å²) in [5.74, 6) is -1.63. The van der Waals surface area contributed by atoms with E-state index in [1.807, 2.05) is 69.3 Å². The Balaban J connectivity index is 0.00000155. The molecule has 0 radical (unpaired) electrons. The second kappa shape index (κ2) is 10.2. The average Bonchev–Trinajstić information content (AvgIpc) is 3.01. The predicted molar refractivity (Wildman–Crippen MR) is 119 cm³/mol. The highest BCUT2D eigenvalue weighted by Crippen LogP contribution is 2.43. The zero-order valence-corrected chi connectivity index (χ0v) is 18.6. The number of aliphatic hydroxyl groups excluding tert-OH is 1. The number of ether oxygens (including phenoxy) is 1. The van der Waals surface area contributed by atoms with Crippen molar-refractivity contribution in [2.75, 3.05) is 12.0 Å². The van der Waals surface area contributed by atoms with Crippen LogP contribution in [-0.2, 0) is 20.9 Å². The van der Waals surface area contributed by atoms with Crippen LogP contribution < -0.4 is 4.90 Å². The number of rotatable bonds is 6. The Hall–Kier alpha value is -2.92. The van der Waals surface area contributed by atoms with Gasteiger partial charge in [0.25, 0.3) is 5.91 Å². The Labute approximate surface area is 179 Å². The molecule has 0 bridgehead atoms. The lowest BCUT2D eigenvalue weighted by Crippen LogP contribution is -2.32. The number of methoxy groups -OCH3 is 1. The molecular formula is C25H31NO4. The average molecular weight is 410 g/mol. The van der Waals surface area contributed by atoms with Crippen LogP contribution in [-0.4, -0.2) is 23.9 Å². The Bertz CT molecular complexity index is 928. The third kappa shape index (κ3) is 4.46. The molecule has 1 atom stereocenters. The van der Waals surface area contributed by atoms with Crippen LogP contribution in [0.15, 0.2) is 59.9 Å². The zero-order chi connectivity index (χ0) is 22.4. The summed E-state index contributed by atoms with van der Waals surface area (Å²) < 4.78 is 5.31. The molecule has 5 heteroatoms. The lowest BCUT2D eigenvalue weighted by Gasteiger charge is -2.29. The van der Waals surface area contributed by atoms with Gasteiger partial charge in [-0.1, -0.05) is 69.7 Å². The number of ketones is 1. The number of aryl methyl sites for hydroxylation is 1. The van der Waals surface area contributed by atoms with Crippen molar-refractivity contribution in [3.05, 3.63) is 76.6 Å². The Morgan fingerprint density at radius 2 is 1.70 bits per heavy atom. The fourth-order valence-corrected chi connectivity index (χ4v) is 3.52. The maximum absolute atomic E-state index is 13.0. The van der Waals surface area contributed by atoms with E-state index in [-0.39, 0.29) is 17.3 Å². The van der Waals surface area contributed by atoms with Crippen molar-refractivity contribution >= 4 is 17.4 Å². The molecule has 0 spiro atoms. The number of hydrogen-bond acceptors (Lipinski definition) is 4. The SMILES string of the molecule is CC.COCc1ccccc1C1C(C(=O)C(C)C)=C(O)C(=O)N1c1ccc(C)cc1. The molecule has 0 saturated heterocycles. The number of Topliss-reactive ketones (excluding diaryl/α,β-unsaturated/α-hetero) is 1. The van der Waals surface area contributed by atoms with Crippen molar-refractivity contribution in [3.63, 3.8) is 0 Å². The monoisotopic (exact) mass is 409 g/mol. The van der Waals surface area contributed by atoms with Crippen LogP contribution in [0.1, 0.15) is 50.4 Å². The molecule has 5 nitrogen and oxygen atoms in total. The fourth-order valence-electron chi connectivity index (χ4n) is 3.52. The van der Waals surface area contributed by atoms with Crippen LogP contribution in [0.3, 0.4) is 0 Å². The van der Waals surface area contributed by atoms with E-state index in [0.29, 0.717) is 12.3 Å². The first kappa shape index (κ1) is 23.4. The molecule has 2 aromatic carbocycles. The minimum atomic E-state index is -0.698. The molecule has 160 valence electrons. The van der Waals surface area contributed by atoms with E-state index in [0.717, 1.165) is 16.7 Å². The van der Waals surface area contributed by atoms with Crippen molar-refractivity contribution in [1.29, 1.82) is 0 Å². The molecule has 0 aromatic heterocycles. The summed E-state index contributed by atoms with van der Waals surface area (Å²) in [7, 11) is 1.60. The summed E-state index contributed by atoms with van der Waals surface area (Å²) in [4.78, 5) is 27.5. The van der Waals surface area contributed by atoms with Gasteiger partial charge in [0, 0.05) is 18.7 Å². The summed E-state index contributed by atoms with van der Waals surface area (Å²) in [5, 5.41) is 10.7.